The summed E-state index contributed by atoms with van der Waals surface area (Å²) in [6, 6.07) is 7.35. The van der Waals surface area contributed by atoms with Crippen molar-refractivity contribution in [3.05, 3.63) is 48.6 Å². The summed E-state index contributed by atoms with van der Waals surface area (Å²) in [5.74, 6) is -2.51. The molecule has 1 saturated heterocycles. The van der Waals surface area contributed by atoms with E-state index in [1.807, 2.05) is 0 Å². The predicted molar refractivity (Wildman–Crippen MR) is 100 cm³/mol. The molecule has 1 aromatic carbocycles. The van der Waals surface area contributed by atoms with Gasteiger partial charge in [-0.1, -0.05) is 43.0 Å². The zero-order valence-corrected chi connectivity index (χ0v) is 16.0. The molecule has 2 rings (SSSR count). The molecule has 0 aromatic heterocycles. The Bertz CT molecular complexity index is 795. The Kier molecular flexibility index (Phi) is 8.36. The molecule has 1 fully saturated rings. The lowest BCUT2D eigenvalue weighted by atomic mass is 10.2. The molecule has 0 unspecified atom stereocenters. The monoisotopic (exact) mass is 419 g/mol. The SMILES string of the molecule is C=CCOC(=O)NC[C@H](NC(=O)OCc1ccccc1)C(=O)ON1C(=O)CCC1=O. The van der Waals surface area contributed by atoms with Gasteiger partial charge in [0, 0.05) is 12.8 Å². The molecular formula is C19H21N3O8. The zero-order valence-electron chi connectivity index (χ0n) is 16.0. The third-order valence-corrected chi connectivity index (χ3v) is 3.76. The van der Waals surface area contributed by atoms with Gasteiger partial charge in [-0.05, 0) is 5.56 Å². The van der Waals surface area contributed by atoms with Gasteiger partial charge in [0.1, 0.15) is 19.3 Å². The van der Waals surface area contributed by atoms with Gasteiger partial charge in [-0.3, -0.25) is 9.59 Å². The predicted octanol–water partition coefficient (Wildman–Crippen LogP) is 0.801. The number of nitrogens with one attached hydrogen (secondary N) is 2. The maximum Gasteiger partial charge on any atom is 0.408 e. The molecule has 1 heterocycles. The van der Waals surface area contributed by atoms with Crippen LogP contribution in [0.3, 0.4) is 0 Å². The maximum absolute atomic E-state index is 12.4. The van der Waals surface area contributed by atoms with E-state index in [0.29, 0.717) is 10.6 Å². The molecule has 0 aliphatic carbocycles. The van der Waals surface area contributed by atoms with Crippen molar-refractivity contribution < 1.29 is 38.3 Å². The van der Waals surface area contributed by atoms with Crippen LogP contribution in [0.2, 0.25) is 0 Å². The van der Waals surface area contributed by atoms with E-state index in [1.165, 1.54) is 6.08 Å². The first kappa shape index (κ1) is 22.4. The number of carbonyl (C=O) groups excluding carboxylic acids is 5. The number of rotatable bonds is 9. The third-order valence-electron chi connectivity index (χ3n) is 3.76. The van der Waals surface area contributed by atoms with Crippen LogP contribution in [-0.4, -0.2) is 54.2 Å². The first-order valence-corrected chi connectivity index (χ1v) is 8.97. The van der Waals surface area contributed by atoms with Crippen molar-refractivity contribution in [2.24, 2.45) is 0 Å². The fourth-order valence-electron chi connectivity index (χ4n) is 2.28. The Morgan fingerprint density at radius 3 is 2.37 bits per heavy atom. The molecule has 2 N–H and O–H groups in total. The molecule has 0 spiro atoms. The molecule has 160 valence electrons. The van der Waals surface area contributed by atoms with E-state index in [2.05, 4.69) is 17.2 Å². The fraction of sp³-hybridized carbons (Fsp3) is 0.316. The van der Waals surface area contributed by atoms with E-state index in [-0.39, 0.29) is 26.1 Å². The number of amides is 4. The summed E-state index contributed by atoms with van der Waals surface area (Å²) < 4.78 is 9.75. The lowest BCUT2D eigenvalue weighted by Crippen LogP contribution is -2.51. The number of hydrogen-bond donors (Lipinski definition) is 2. The third kappa shape index (κ3) is 6.93. The van der Waals surface area contributed by atoms with E-state index >= 15 is 0 Å². The minimum Gasteiger partial charge on any atom is -0.445 e. The molecule has 1 aliphatic heterocycles. The van der Waals surface area contributed by atoms with Crippen LogP contribution in [0.25, 0.3) is 0 Å². The molecule has 1 aliphatic rings. The van der Waals surface area contributed by atoms with Gasteiger partial charge < -0.3 is 24.9 Å². The van der Waals surface area contributed by atoms with Gasteiger partial charge in [0.15, 0.2) is 0 Å². The Balaban J connectivity index is 1.96. The molecule has 1 aromatic rings. The number of hydrogen-bond acceptors (Lipinski definition) is 8. The van der Waals surface area contributed by atoms with Crippen LogP contribution >= 0.6 is 0 Å². The second-order valence-corrected chi connectivity index (χ2v) is 6.02. The Labute approximate surface area is 171 Å². The van der Waals surface area contributed by atoms with Crippen LogP contribution in [0.1, 0.15) is 18.4 Å². The Morgan fingerprint density at radius 1 is 1.07 bits per heavy atom. The summed E-state index contributed by atoms with van der Waals surface area (Å²) in [7, 11) is 0. The smallest absolute Gasteiger partial charge is 0.408 e. The molecule has 1 atom stereocenters. The molecular weight excluding hydrogens is 398 g/mol. The van der Waals surface area contributed by atoms with E-state index in [4.69, 9.17) is 14.3 Å². The number of benzene rings is 1. The minimum absolute atomic E-state index is 0.0632. The average Bonchev–Trinajstić information content (AvgIpc) is 3.06. The van der Waals surface area contributed by atoms with Crippen LogP contribution in [-0.2, 0) is 35.3 Å². The number of ether oxygens (including phenoxy) is 2. The van der Waals surface area contributed by atoms with Gasteiger partial charge in [0.05, 0.1) is 6.54 Å². The number of nitrogens with zero attached hydrogens (tertiary/aromatic N) is 1. The van der Waals surface area contributed by atoms with E-state index in [0.717, 1.165) is 0 Å². The van der Waals surface area contributed by atoms with Gasteiger partial charge in [0.25, 0.3) is 11.8 Å². The maximum atomic E-state index is 12.4. The topological polar surface area (TPSA) is 140 Å². The average molecular weight is 419 g/mol. The lowest BCUT2D eigenvalue weighted by Gasteiger charge is -2.20. The molecule has 11 heteroatoms. The van der Waals surface area contributed by atoms with Crippen LogP contribution in [0, 0.1) is 0 Å². The highest BCUT2D eigenvalue weighted by Crippen LogP contribution is 2.12. The Hall–Kier alpha value is -3.89. The largest absolute Gasteiger partial charge is 0.445 e. The van der Waals surface area contributed by atoms with Crippen molar-refractivity contribution in [2.75, 3.05) is 13.2 Å². The molecule has 4 amide bonds. The first-order valence-electron chi connectivity index (χ1n) is 8.97. The van der Waals surface area contributed by atoms with Crippen LogP contribution in [0.4, 0.5) is 9.59 Å². The van der Waals surface area contributed by atoms with Crippen molar-refractivity contribution in [3.8, 4) is 0 Å². The number of carbonyl (C=O) groups is 5. The summed E-state index contributed by atoms with van der Waals surface area (Å²) >= 11 is 0. The zero-order chi connectivity index (χ0) is 21.9. The van der Waals surface area contributed by atoms with Gasteiger partial charge in [-0.25, -0.2) is 14.4 Å². The van der Waals surface area contributed by atoms with E-state index in [1.54, 1.807) is 30.3 Å². The van der Waals surface area contributed by atoms with E-state index < -0.39 is 42.6 Å². The van der Waals surface area contributed by atoms with Crippen molar-refractivity contribution in [1.82, 2.24) is 15.7 Å². The summed E-state index contributed by atoms with van der Waals surface area (Å²) in [5, 5.41) is 4.82. The highest BCUT2D eigenvalue weighted by atomic mass is 16.7. The van der Waals surface area contributed by atoms with Gasteiger partial charge in [-0.2, -0.15) is 0 Å². The normalized spacial score (nSPS) is 13.9. The quantitative estimate of drug-likeness (QED) is 0.442. The van der Waals surface area contributed by atoms with Crippen LogP contribution in [0.5, 0.6) is 0 Å². The summed E-state index contributed by atoms with van der Waals surface area (Å²) in [4.78, 5) is 64.1. The highest BCUT2D eigenvalue weighted by Gasteiger charge is 2.35. The second kappa shape index (κ2) is 11.2. The number of imide groups is 1. The molecule has 11 nitrogen and oxygen atoms in total. The summed E-state index contributed by atoms with van der Waals surface area (Å²) in [5.41, 5.74) is 0.714. The van der Waals surface area contributed by atoms with Gasteiger partial charge in [-0.15, -0.1) is 5.06 Å². The lowest BCUT2D eigenvalue weighted by molar-refractivity contribution is -0.198. The van der Waals surface area contributed by atoms with Crippen molar-refractivity contribution in [2.45, 2.75) is 25.5 Å². The van der Waals surface area contributed by atoms with E-state index in [9.17, 15) is 24.0 Å². The van der Waals surface area contributed by atoms with Crippen molar-refractivity contribution >= 4 is 30.0 Å². The first-order chi connectivity index (χ1) is 14.4. The second-order valence-electron chi connectivity index (χ2n) is 6.02. The van der Waals surface area contributed by atoms with Crippen molar-refractivity contribution in [1.29, 1.82) is 0 Å². The van der Waals surface area contributed by atoms with Gasteiger partial charge >= 0.3 is 18.2 Å². The molecule has 0 bridgehead atoms. The molecule has 0 radical (unpaired) electrons. The standard InChI is InChI=1S/C19H21N3O8/c1-2-10-28-18(26)20-11-14(17(25)30-22-15(23)8-9-16(22)24)21-19(27)29-12-13-6-4-3-5-7-13/h2-7,14H,1,8-12H2,(H,20,26)(H,21,27)/t14-/m0/s1. The van der Waals surface area contributed by atoms with Crippen LogP contribution in [0.15, 0.2) is 43.0 Å². The molecule has 0 saturated carbocycles. The number of alkyl carbamates (subject to hydrolysis) is 2. The highest BCUT2D eigenvalue weighted by molar-refractivity contribution is 6.01. The fourth-order valence-corrected chi connectivity index (χ4v) is 2.28. The summed E-state index contributed by atoms with van der Waals surface area (Å²) in [6.07, 6.45) is -0.679. The minimum atomic E-state index is -1.45. The van der Waals surface area contributed by atoms with Gasteiger partial charge in [0.2, 0.25) is 0 Å². The van der Waals surface area contributed by atoms with Crippen LogP contribution < -0.4 is 10.6 Å². The van der Waals surface area contributed by atoms with Crippen molar-refractivity contribution in [3.63, 3.8) is 0 Å². The summed E-state index contributed by atoms with van der Waals surface area (Å²) in [6.45, 7) is 2.82. The Morgan fingerprint density at radius 2 is 1.73 bits per heavy atom. The number of hydroxylamine groups is 2. The molecule has 30 heavy (non-hydrogen) atoms.